The van der Waals surface area contributed by atoms with E-state index in [-0.39, 0.29) is 55.4 Å². The van der Waals surface area contributed by atoms with Gasteiger partial charge in [0.2, 0.25) is 0 Å². The molecule has 0 spiro atoms. The van der Waals surface area contributed by atoms with E-state index in [0.29, 0.717) is 49.5 Å². The van der Waals surface area contributed by atoms with Crippen LogP contribution in [0.15, 0.2) is 24.3 Å². The fraction of sp³-hybridized carbons (Fsp3) is 0.226. The normalized spacial score (nSPS) is 15.1. The predicted octanol–water partition coefficient (Wildman–Crippen LogP) is 7.73. The summed E-state index contributed by atoms with van der Waals surface area (Å²) in [5.41, 5.74) is 0.895. The number of benzene rings is 5. The Morgan fingerprint density at radius 1 is 0.524 bits per heavy atom. The molecule has 11 heteroatoms. The lowest BCUT2D eigenvalue weighted by molar-refractivity contribution is 0.0574. The van der Waals surface area contributed by atoms with Gasteiger partial charge < -0.3 is 5.11 Å². The Morgan fingerprint density at radius 2 is 0.857 bits per heavy atom. The van der Waals surface area contributed by atoms with E-state index < -0.39 is 30.2 Å². The fourth-order valence-electron chi connectivity index (χ4n) is 6.59. The summed E-state index contributed by atoms with van der Waals surface area (Å²) in [5, 5.41) is 13.6. The van der Waals surface area contributed by atoms with Crippen LogP contribution in [-0.2, 0) is 0 Å². The highest BCUT2D eigenvalue weighted by Crippen LogP contribution is 2.53. The van der Waals surface area contributed by atoms with Gasteiger partial charge in [-0.15, -0.1) is 0 Å². The number of rotatable bonds is 6. The Balaban J connectivity index is 1.67. The summed E-state index contributed by atoms with van der Waals surface area (Å²) in [7, 11) is 0. The molecule has 0 fully saturated rings. The number of carbonyl (C=O) groups excluding carboxylic acids is 4. The van der Waals surface area contributed by atoms with Crippen molar-refractivity contribution in [2.24, 2.45) is 0 Å². The van der Waals surface area contributed by atoms with E-state index in [9.17, 15) is 24.3 Å². The molecule has 212 valence electrons. The fourth-order valence-corrected chi connectivity index (χ4v) is 7.78. The quantitative estimate of drug-likeness (QED) is 0.0886. The first kappa shape index (κ1) is 27.6. The zero-order valence-corrected chi connectivity index (χ0v) is 25.1. The second-order valence-electron chi connectivity index (χ2n) is 10.6. The summed E-state index contributed by atoms with van der Waals surface area (Å²) >= 11 is 27.7. The summed E-state index contributed by atoms with van der Waals surface area (Å²) in [6, 6.07) is 6.03. The minimum absolute atomic E-state index is 0.164. The van der Waals surface area contributed by atoms with E-state index in [2.05, 4.69) is 0 Å². The van der Waals surface area contributed by atoms with Crippen molar-refractivity contribution in [3.63, 3.8) is 0 Å². The van der Waals surface area contributed by atoms with Gasteiger partial charge in [-0.2, -0.15) is 0 Å². The Labute approximate surface area is 258 Å². The van der Waals surface area contributed by atoms with Crippen LogP contribution in [0.2, 0.25) is 20.1 Å². The molecule has 0 saturated heterocycles. The maximum absolute atomic E-state index is 13.7. The molecule has 1 N–H and O–H groups in total. The van der Waals surface area contributed by atoms with E-state index in [0.717, 1.165) is 17.7 Å². The first-order valence-electron chi connectivity index (χ1n) is 13.4. The molecule has 0 unspecified atom stereocenters. The van der Waals surface area contributed by atoms with Crippen molar-refractivity contribution < 1.29 is 24.3 Å². The maximum atomic E-state index is 13.7. The van der Waals surface area contributed by atoms with Gasteiger partial charge in [-0.25, -0.2) is 0 Å². The van der Waals surface area contributed by atoms with Crippen molar-refractivity contribution in [2.45, 2.75) is 26.2 Å². The predicted molar refractivity (Wildman–Crippen MR) is 165 cm³/mol. The molecule has 0 saturated carbocycles. The van der Waals surface area contributed by atoms with E-state index >= 15 is 0 Å². The summed E-state index contributed by atoms with van der Waals surface area (Å²) in [6.07, 6.45) is 2.46. The number of imide groups is 2. The third-order valence-electron chi connectivity index (χ3n) is 8.33. The van der Waals surface area contributed by atoms with Gasteiger partial charge >= 0.3 is 0 Å². The van der Waals surface area contributed by atoms with Gasteiger partial charge in [0.15, 0.2) is 0 Å². The number of amides is 4. The minimum atomic E-state index is -0.601. The molecule has 0 aromatic heterocycles. The average Bonchev–Trinajstić information content (AvgIpc) is 2.96. The number of carbonyl (C=O) groups is 4. The number of halogens is 4. The van der Waals surface area contributed by atoms with Crippen LogP contribution in [0.4, 0.5) is 0 Å². The Morgan fingerprint density at radius 3 is 1.17 bits per heavy atom. The average molecular weight is 642 g/mol. The molecule has 7 rings (SSSR count). The van der Waals surface area contributed by atoms with E-state index in [1.54, 1.807) is 12.1 Å². The van der Waals surface area contributed by atoms with Crippen LogP contribution in [0.5, 0.6) is 0 Å². The first-order chi connectivity index (χ1) is 20.1. The molecule has 2 aliphatic heterocycles. The summed E-state index contributed by atoms with van der Waals surface area (Å²) in [5.74, 6) is -2.09. The molecule has 7 nitrogen and oxygen atoms in total. The Kier molecular flexibility index (Phi) is 6.35. The number of hydrogen-bond acceptors (Lipinski definition) is 5. The van der Waals surface area contributed by atoms with Crippen LogP contribution >= 0.6 is 46.4 Å². The summed E-state index contributed by atoms with van der Waals surface area (Å²) in [4.78, 5) is 56.5. The summed E-state index contributed by atoms with van der Waals surface area (Å²) in [6.45, 7) is 1.70. The minimum Gasteiger partial charge on any atom is -0.395 e. The van der Waals surface area contributed by atoms with Crippen LogP contribution < -0.4 is 0 Å². The molecule has 0 bridgehead atoms. The number of nitrogens with zero attached hydrogens (tertiary/aromatic N) is 2. The third kappa shape index (κ3) is 3.46. The lowest BCUT2D eigenvalue weighted by Crippen LogP contribution is -2.42. The first-order valence-corrected chi connectivity index (χ1v) is 14.9. The van der Waals surface area contributed by atoms with Crippen molar-refractivity contribution in [1.82, 2.24) is 9.80 Å². The van der Waals surface area contributed by atoms with E-state index in [4.69, 9.17) is 46.4 Å². The van der Waals surface area contributed by atoms with Crippen LogP contribution in [0.1, 0.15) is 67.6 Å². The van der Waals surface area contributed by atoms with Crippen molar-refractivity contribution in [1.29, 1.82) is 0 Å². The van der Waals surface area contributed by atoms with Crippen molar-refractivity contribution in [3.8, 4) is 0 Å². The monoisotopic (exact) mass is 640 g/mol. The third-order valence-corrected chi connectivity index (χ3v) is 9.52. The van der Waals surface area contributed by atoms with Gasteiger partial charge in [-0.3, -0.25) is 29.0 Å². The zero-order chi connectivity index (χ0) is 29.8. The molecule has 0 atom stereocenters. The highest BCUT2D eigenvalue weighted by Gasteiger charge is 2.39. The molecular weight excluding hydrogens is 622 g/mol. The number of aliphatic hydroxyl groups excluding tert-OH is 1. The van der Waals surface area contributed by atoms with Gasteiger partial charge in [0.1, 0.15) is 0 Å². The molecule has 4 amide bonds. The molecule has 5 aromatic carbocycles. The van der Waals surface area contributed by atoms with Crippen molar-refractivity contribution in [3.05, 3.63) is 66.6 Å². The lowest BCUT2D eigenvalue weighted by Gasteiger charge is -2.31. The van der Waals surface area contributed by atoms with Crippen molar-refractivity contribution in [2.75, 3.05) is 19.7 Å². The number of β-amino-alcohol motifs (C(OH)–C–C–N with tert-alkyl or cyclic N) is 1. The molecule has 0 radical (unpaired) electrons. The number of aliphatic hydroxyl groups is 1. The van der Waals surface area contributed by atoms with Gasteiger partial charge in [0, 0.05) is 69.7 Å². The Hall–Kier alpha value is -3.20. The molecule has 5 aromatic rings. The second-order valence-corrected chi connectivity index (χ2v) is 12.2. The standard InChI is InChI=1S/C31H20Cl4N2O5/c1-2-3-4-5-36-28(39)12-8-16(32)22-24-18(34)10-14-21-15(31(42)37(6-7-38)30(14)41)11-19(35)25(27(21)24)23-17(33)9-13(29(36)40)20(12)26(22)23/h8-11,38H,2-7H2,1H3. The lowest BCUT2D eigenvalue weighted by atomic mass is 9.82. The van der Waals surface area contributed by atoms with Crippen LogP contribution in [0, 0.1) is 0 Å². The SMILES string of the molecule is CCCCCN1C(=O)c2cc(Cl)c3c4c(Cl)cc5c6c(cc(Cl)c(c7c(Cl)cc(c2c37)C1=O)c64)C(=O)N(CCO)C5=O. The van der Waals surface area contributed by atoms with Crippen LogP contribution in [0.3, 0.4) is 0 Å². The zero-order valence-electron chi connectivity index (χ0n) is 22.0. The maximum Gasteiger partial charge on any atom is 0.261 e. The Bertz CT molecular complexity index is 1980. The van der Waals surface area contributed by atoms with E-state index in [1.807, 2.05) is 6.92 Å². The van der Waals surface area contributed by atoms with Gasteiger partial charge in [-0.05, 0) is 30.7 Å². The van der Waals surface area contributed by atoms with E-state index in [1.165, 1.54) is 17.0 Å². The van der Waals surface area contributed by atoms with Gasteiger partial charge in [-0.1, -0.05) is 66.2 Å². The number of hydrogen-bond donors (Lipinski definition) is 1. The van der Waals surface area contributed by atoms with Gasteiger partial charge in [0.05, 0.1) is 35.4 Å². The summed E-state index contributed by atoms with van der Waals surface area (Å²) < 4.78 is 0. The van der Waals surface area contributed by atoms with Crippen molar-refractivity contribution >= 4 is 113 Å². The molecule has 42 heavy (non-hydrogen) atoms. The second kappa shape index (κ2) is 9.66. The topological polar surface area (TPSA) is 95.0 Å². The van der Waals surface area contributed by atoms with Crippen LogP contribution in [-0.4, -0.2) is 58.2 Å². The highest BCUT2D eigenvalue weighted by molar-refractivity contribution is 6.56. The highest BCUT2D eigenvalue weighted by atomic mass is 35.5. The van der Waals surface area contributed by atoms with Gasteiger partial charge in [0.25, 0.3) is 23.6 Å². The molecule has 0 aliphatic carbocycles. The number of unbranched alkanes of at least 4 members (excludes halogenated alkanes) is 2. The number of fused-ring (bicyclic) bond motifs is 2. The largest absolute Gasteiger partial charge is 0.395 e. The molecule has 2 heterocycles. The molecular formula is C31H20Cl4N2O5. The smallest absolute Gasteiger partial charge is 0.261 e. The molecule has 2 aliphatic rings. The van der Waals surface area contributed by atoms with Crippen LogP contribution in [0.25, 0.3) is 43.1 Å².